The maximum atomic E-state index is 12.9. The summed E-state index contributed by atoms with van der Waals surface area (Å²) in [5.41, 5.74) is -0.239. The maximum absolute atomic E-state index is 12.9. The quantitative estimate of drug-likeness (QED) is 0.694. The molecule has 2 bridgehead atoms. The molecule has 1 aliphatic heterocycles. The van der Waals surface area contributed by atoms with Gasteiger partial charge in [0, 0.05) is 12.5 Å². The number of fused-ring (bicyclic) bond motifs is 3. The third kappa shape index (κ3) is 2.25. The van der Waals surface area contributed by atoms with E-state index in [1.54, 1.807) is 0 Å². The van der Waals surface area contributed by atoms with Gasteiger partial charge in [0.1, 0.15) is 0 Å². The molecule has 0 unspecified atom stereocenters. The van der Waals surface area contributed by atoms with E-state index in [0.29, 0.717) is 11.8 Å². The molecule has 0 aromatic rings. The van der Waals surface area contributed by atoms with Crippen molar-refractivity contribution in [2.45, 2.75) is 63.6 Å². The van der Waals surface area contributed by atoms with Crippen molar-refractivity contribution in [2.24, 2.45) is 17.8 Å². The molecule has 1 spiro atoms. The van der Waals surface area contributed by atoms with Crippen LogP contribution in [0.25, 0.3) is 0 Å². The molecular formula is C18H27NO2. The van der Waals surface area contributed by atoms with Crippen molar-refractivity contribution in [3.63, 3.8) is 0 Å². The molecule has 3 nitrogen and oxygen atoms in total. The first kappa shape index (κ1) is 13.8. The van der Waals surface area contributed by atoms with E-state index in [0.717, 1.165) is 31.8 Å². The van der Waals surface area contributed by atoms with Gasteiger partial charge in [-0.1, -0.05) is 12.2 Å². The van der Waals surface area contributed by atoms with Gasteiger partial charge < -0.3 is 9.64 Å². The molecule has 3 atom stereocenters. The first-order valence-corrected chi connectivity index (χ1v) is 8.61. The van der Waals surface area contributed by atoms with Crippen molar-refractivity contribution in [2.75, 3.05) is 13.1 Å². The number of amides is 1. The summed E-state index contributed by atoms with van der Waals surface area (Å²) in [6.45, 7) is 5.91. The Bertz CT molecular complexity index is 476. The van der Waals surface area contributed by atoms with Crippen LogP contribution in [0.4, 0.5) is 0 Å². The summed E-state index contributed by atoms with van der Waals surface area (Å²) >= 11 is 0. The van der Waals surface area contributed by atoms with E-state index >= 15 is 0 Å². The van der Waals surface area contributed by atoms with Gasteiger partial charge in [-0.25, -0.2) is 0 Å². The zero-order valence-corrected chi connectivity index (χ0v) is 13.3. The van der Waals surface area contributed by atoms with Gasteiger partial charge in [0.15, 0.2) is 0 Å². The van der Waals surface area contributed by atoms with Gasteiger partial charge >= 0.3 is 0 Å². The average molecular weight is 289 g/mol. The molecule has 0 N–H and O–H groups in total. The van der Waals surface area contributed by atoms with E-state index in [1.807, 2.05) is 0 Å². The van der Waals surface area contributed by atoms with Crippen LogP contribution in [0.15, 0.2) is 12.2 Å². The van der Waals surface area contributed by atoms with Crippen LogP contribution < -0.4 is 0 Å². The highest BCUT2D eigenvalue weighted by atomic mass is 16.5. The summed E-state index contributed by atoms with van der Waals surface area (Å²) in [5, 5.41) is 0. The molecular weight excluding hydrogens is 262 g/mol. The Kier molecular flexibility index (Phi) is 3.01. The molecule has 0 radical (unpaired) electrons. The van der Waals surface area contributed by atoms with Crippen molar-refractivity contribution >= 4 is 5.91 Å². The van der Waals surface area contributed by atoms with Crippen LogP contribution >= 0.6 is 0 Å². The zero-order chi connectivity index (χ0) is 14.7. The number of morpholine rings is 1. The molecule has 3 heteroatoms. The Morgan fingerprint density at radius 2 is 1.95 bits per heavy atom. The van der Waals surface area contributed by atoms with Crippen molar-refractivity contribution in [1.29, 1.82) is 0 Å². The van der Waals surface area contributed by atoms with Crippen molar-refractivity contribution in [1.82, 2.24) is 4.90 Å². The van der Waals surface area contributed by atoms with E-state index < -0.39 is 0 Å². The smallest absolute Gasteiger partial charge is 0.226 e. The number of ether oxygens (including phenoxy) is 1. The molecule has 116 valence electrons. The van der Waals surface area contributed by atoms with Crippen LogP contribution in [-0.4, -0.2) is 35.1 Å². The van der Waals surface area contributed by atoms with Crippen LogP contribution in [0.5, 0.6) is 0 Å². The van der Waals surface area contributed by atoms with Gasteiger partial charge in [-0.15, -0.1) is 0 Å². The number of hydrogen-bond acceptors (Lipinski definition) is 2. The topological polar surface area (TPSA) is 29.5 Å². The lowest BCUT2D eigenvalue weighted by molar-refractivity contribution is -0.218. The van der Waals surface area contributed by atoms with Crippen LogP contribution in [0.1, 0.15) is 52.4 Å². The number of rotatable bonds is 1. The summed E-state index contributed by atoms with van der Waals surface area (Å²) in [7, 11) is 0. The second-order valence-electron chi connectivity index (χ2n) is 8.34. The van der Waals surface area contributed by atoms with E-state index in [4.69, 9.17) is 4.74 Å². The van der Waals surface area contributed by atoms with Gasteiger partial charge in [0.25, 0.3) is 0 Å². The molecule has 1 heterocycles. The van der Waals surface area contributed by atoms with Crippen LogP contribution in [0, 0.1) is 17.8 Å². The van der Waals surface area contributed by atoms with Crippen molar-refractivity contribution in [3.8, 4) is 0 Å². The first-order valence-electron chi connectivity index (χ1n) is 8.61. The molecule has 1 saturated heterocycles. The Morgan fingerprint density at radius 1 is 1.19 bits per heavy atom. The van der Waals surface area contributed by atoms with Crippen LogP contribution in [-0.2, 0) is 9.53 Å². The lowest BCUT2D eigenvalue weighted by Gasteiger charge is -2.52. The third-order valence-corrected chi connectivity index (χ3v) is 6.10. The van der Waals surface area contributed by atoms with Gasteiger partial charge in [-0.2, -0.15) is 0 Å². The molecule has 4 aliphatic rings. The standard InChI is InChI=1S/C18H27NO2/c1-17(2)11-19(16(20)14-5-3-4-6-14)12-18(21-17)10-13-7-8-15(18)9-13/h3-4,13-15H,5-12H2,1-2H3/t13-,15+,18+/m1/s1. The summed E-state index contributed by atoms with van der Waals surface area (Å²) in [5.74, 6) is 2.07. The number of carbonyl (C=O) groups excluding carboxylic acids is 1. The number of nitrogens with zero attached hydrogens (tertiary/aromatic N) is 1. The van der Waals surface area contributed by atoms with Crippen LogP contribution in [0.2, 0.25) is 0 Å². The Balaban J connectivity index is 1.56. The lowest BCUT2D eigenvalue weighted by Crippen LogP contribution is -2.63. The fourth-order valence-electron chi connectivity index (χ4n) is 5.40. The monoisotopic (exact) mass is 289 g/mol. The highest BCUT2D eigenvalue weighted by molar-refractivity contribution is 5.80. The van der Waals surface area contributed by atoms with E-state index in [9.17, 15) is 4.79 Å². The van der Waals surface area contributed by atoms with Gasteiger partial charge in [0.05, 0.1) is 17.7 Å². The van der Waals surface area contributed by atoms with E-state index in [2.05, 4.69) is 30.9 Å². The van der Waals surface area contributed by atoms with Crippen molar-refractivity contribution < 1.29 is 9.53 Å². The normalized spacial score (nSPS) is 41.3. The van der Waals surface area contributed by atoms with Gasteiger partial charge in [-0.3, -0.25) is 4.79 Å². The van der Waals surface area contributed by atoms with E-state index in [1.165, 1.54) is 25.7 Å². The minimum absolute atomic E-state index is 0.0354. The fourth-order valence-corrected chi connectivity index (χ4v) is 5.40. The molecule has 3 fully saturated rings. The second kappa shape index (κ2) is 4.58. The van der Waals surface area contributed by atoms with E-state index in [-0.39, 0.29) is 17.1 Å². The second-order valence-corrected chi connectivity index (χ2v) is 8.34. The van der Waals surface area contributed by atoms with Gasteiger partial charge in [0.2, 0.25) is 5.91 Å². The predicted octanol–water partition coefficient (Wildman–Crippen LogP) is 3.15. The van der Waals surface area contributed by atoms with Crippen LogP contribution in [0.3, 0.4) is 0 Å². The molecule has 4 rings (SSSR count). The average Bonchev–Trinajstić information content (AvgIpc) is 3.11. The third-order valence-electron chi connectivity index (χ3n) is 6.10. The summed E-state index contributed by atoms with van der Waals surface area (Å²) < 4.78 is 6.59. The Morgan fingerprint density at radius 3 is 2.57 bits per heavy atom. The number of allylic oxidation sites excluding steroid dienone is 2. The fraction of sp³-hybridized carbons (Fsp3) is 0.833. The molecule has 1 amide bonds. The minimum Gasteiger partial charge on any atom is -0.365 e. The zero-order valence-electron chi connectivity index (χ0n) is 13.3. The van der Waals surface area contributed by atoms with Gasteiger partial charge in [-0.05, 0) is 64.2 Å². The molecule has 2 saturated carbocycles. The molecule has 0 aromatic carbocycles. The van der Waals surface area contributed by atoms with Crippen molar-refractivity contribution in [3.05, 3.63) is 12.2 Å². The number of hydrogen-bond donors (Lipinski definition) is 0. The molecule has 3 aliphatic carbocycles. The lowest BCUT2D eigenvalue weighted by atomic mass is 9.80. The Labute approximate surface area is 127 Å². The Hall–Kier alpha value is -0.830. The highest BCUT2D eigenvalue weighted by Gasteiger charge is 2.57. The maximum Gasteiger partial charge on any atom is 0.226 e. The molecule has 21 heavy (non-hydrogen) atoms. The summed E-state index contributed by atoms with van der Waals surface area (Å²) in [4.78, 5) is 15.0. The SMILES string of the molecule is CC1(C)CN(C(=O)C2CC=CC2)C[C@]2(C[C@@H]3CC[C@H]2C3)O1. The predicted molar refractivity (Wildman–Crippen MR) is 81.8 cm³/mol. The largest absolute Gasteiger partial charge is 0.365 e. The minimum atomic E-state index is -0.204. The molecule has 0 aromatic heterocycles. The summed E-state index contributed by atoms with van der Waals surface area (Å²) in [6.07, 6.45) is 11.3. The highest BCUT2D eigenvalue weighted by Crippen LogP contribution is 2.55. The first-order chi connectivity index (χ1) is 9.97. The summed E-state index contributed by atoms with van der Waals surface area (Å²) in [6, 6.07) is 0. The number of carbonyl (C=O) groups is 1.